The van der Waals surface area contributed by atoms with Gasteiger partial charge >= 0.3 is 5.97 Å². The second kappa shape index (κ2) is 9.77. The van der Waals surface area contributed by atoms with Crippen molar-refractivity contribution in [3.05, 3.63) is 71.1 Å². The Balaban J connectivity index is 1.26. The van der Waals surface area contributed by atoms with Crippen LogP contribution in [-0.4, -0.2) is 41.7 Å². The highest BCUT2D eigenvalue weighted by Gasteiger charge is 2.40. The van der Waals surface area contributed by atoms with Gasteiger partial charge < -0.3 is 23.7 Å². The molecule has 0 spiro atoms. The summed E-state index contributed by atoms with van der Waals surface area (Å²) in [6.07, 6.45) is 1.40. The number of carboxylic acids is 1. The van der Waals surface area contributed by atoms with Crippen LogP contribution in [0.4, 0.5) is 0 Å². The van der Waals surface area contributed by atoms with Crippen molar-refractivity contribution in [3.8, 4) is 17.2 Å². The molecule has 3 aromatic rings. The van der Waals surface area contributed by atoms with Gasteiger partial charge in [0.1, 0.15) is 11.5 Å². The first-order valence-corrected chi connectivity index (χ1v) is 11.1. The predicted octanol–water partition coefficient (Wildman–Crippen LogP) is 4.59. The summed E-state index contributed by atoms with van der Waals surface area (Å²) < 4.78 is 22.6. The minimum absolute atomic E-state index is 0.113. The van der Waals surface area contributed by atoms with Gasteiger partial charge in [0.05, 0.1) is 25.5 Å². The third-order valence-electron chi connectivity index (χ3n) is 5.82. The van der Waals surface area contributed by atoms with Crippen molar-refractivity contribution in [3.63, 3.8) is 0 Å². The summed E-state index contributed by atoms with van der Waals surface area (Å²) in [5.41, 5.74) is 4.18. The summed E-state index contributed by atoms with van der Waals surface area (Å²) in [6.45, 7) is 6.60. The highest BCUT2D eigenvalue weighted by Crippen LogP contribution is 2.25. The van der Waals surface area contributed by atoms with Crippen molar-refractivity contribution in [2.75, 3.05) is 19.8 Å². The van der Waals surface area contributed by atoms with E-state index in [4.69, 9.17) is 23.7 Å². The number of oxazole rings is 1. The number of aryl methyl sites for hydroxylation is 2. The molecule has 1 aromatic heterocycles. The number of hydrogen-bond donors (Lipinski definition) is 1. The van der Waals surface area contributed by atoms with Gasteiger partial charge in [-0.05, 0) is 50.1 Å². The molecule has 33 heavy (non-hydrogen) atoms. The number of nitrogens with zero attached hydrogens (tertiary/aromatic N) is 1. The van der Waals surface area contributed by atoms with E-state index in [1.807, 2.05) is 55.5 Å². The number of aromatic nitrogens is 1. The molecule has 0 saturated carbocycles. The minimum Gasteiger partial charge on any atom is -0.493 e. The number of carboxylic acid groups (broad SMARTS) is 1. The summed E-state index contributed by atoms with van der Waals surface area (Å²) in [4.78, 5) is 15.8. The van der Waals surface area contributed by atoms with Gasteiger partial charge in [-0.25, -0.2) is 9.78 Å². The summed E-state index contributed by atoms with van der Waals surface area (Å²) in [5, 5.41) is 9.15. The van der Waals surface area contributed by atoms with Gasteiger partial charge in [0, 0.05) is 24.8 Å². The zero-order chi connectivity index (χ0) is 23.4. The van der Waals surface area contributed by atoms with Gasteiger partial charge in [-0.1, -0.05) is 29.8 Å². The van der Waals surface area contributed by atoms with Crippen molar-refractivity contribution >= 4 is 5.97 Å². The zero-order valence-corrected chi connectivity index (χ0v) is 19.2. The van der Waals surface area contributed by atoms with E-state index < -0.39 is 11.8 Å². The highest BCUT2D eigenvalue weighted by molar-refractivity contribution is 5.75. The minimum atomic E-state index is -1.54. The fraction of sp³-hybridized carbons (Fsp3) is 0.385. The number of rotatable bonds is 8. The summed E-state index contributed by atoms with van der Waals surface area (Å²) in [7, 11) is 0. The first-order chi connectivity index (χ1) is 15.8. The second-order valence-corrected chi connectivity index (χ2v) is 8.57. The first-order valence-electron chi connectivity index (χ1n) is 11.1. The van der Waals surface area contributed by atoms with Crippen LogP contribution in [0.3, 0.4) is 0 Å². The lowest BCUT2D eigenvalue weighted by Crippen LogP contribution is -2.48. The van der Waals surface area contributed by atoms with Crippen LogP contribution in [0.15, 0.2) is 52.9 Å². The molecule has 0 radical (unpaired) electrons. The molecule has 1 fully saturated rings. The summed E-state index contributed by atoms with van der Waals surface area (Å²) in [6, 6.07) is 16.0. The third-order valence-corrected chi connectivity index (χ3v) is 5.82. The molecule has 1 aliphatic heterocycles. The van der Waals surface area contributed by atoms with Crippen molar-refractivity contribution in [1.29, 1.82) is 0 Å². The van der Waals surface area contributed by atoms with Gasteiger partial charge in [-0.3, -0.25) is 0 Å². The molecular weight excluding hydrogens is 422 g/mol. The lowest BCUT2D eigenvalue weighted by atomic mass is 9.99. The molecule has 2 heterocycles. The highest BCUT2D eigenvalue weighted by atomic mass is 16.7. The first kappa shape index (κ1) is 23.0. The molecule has 0 aliphatic carbocycles. The Morgan fingerprint density at radius 3 is 2.39 bits per heavy atom. The van der Waals surface area contributed by atoms with E-state index in [-0.39, 0.29) is 5.92 Å². The molecule has 4 rings (SSSR count). The van der Waals surface area contributed by atoms with Crippen molar-refractivity contribution in [2.24, 2.45) is 5.92 Å². The van der Waals surface area contributed by atoms with Gasteiger partial charge in [0.15, 0.2) is 0 Å². The van der Waals surface area contributed by atoms with E-state index in [0.717, 1.165) is 34.8 Å². The van der Waals surface area contributed by atoms with E-state index in [0.29, 0.717) is 32.1 Å². The van der Waals surface area contributed by atoms with Crippen LogP contribution in [0.2, 0.25) is 0 Å². The van der Waals surface area contributed by atoms with Crippen molar-refractivity contribution in [2.45, 2.75) is 39.4 Å². The Morgan fingerprint density at radius 2 is 1.76 bits per heavy atom. The maximum Gasteiger partial charge on any atom is 0.364 e. The Hall–Kier alpha value is -3.16. The molecule has 7 nitrogen and oxygen atoms in total. The predicted molar refractivity (Wildman–Crippen MR) is 122 cm³/mol. The summed E-state index contributed by atoms with van der Waals surface area (Å²) in [5.74, 6) is -0.311. The lowest BCUT2D eigenvalue weighted by molar-refractivity contribution is -0.270. The molecule has 7 heteroatoms. The molecule has 174 valence electrons. The Kier molecular flexibility index (Phi) is 6.81. The van der Waals surface area contributed by atoms with Gasteiger partial charge in [-0.15, -0.1) is 0 Å². The van der Waals surface area contributed by atoms with E-state index in [9.17, 15) is 4.79 Å². The van der Waals surface area contributed by atoms with Crippen LogP contribution in [0, 0.1) is 19.8 Å². The molecule has 2 aromatic carbocycles. The van der Waals surface area contributed by atoms with E-state index in [1.165, 1.54) is 12.5 Å². The van der Waals surface area contributed by atoms with Crippen LogP contribution < -0.4 is 4.74 Å². The molecule has 0 atom stereocenters. The van der Waals surface area contributed by atoms with E-state index >= 15 is 0 Å². The fourth-order valence-electron chi connectivity index (χ4n) is 3.69. The Labute approximate surface area is 193 Å². The third kappa shape index (κ3) is 5.61. The number of aliphatic carboxylic acids is 1. The smallest absolute Gasteiger partial charge is 0.364 e. The van der Waals surface area contributed by atoms with Crippen LogP contribution >= 0.6 is 0 Å². The monoisotopic (exact) mass is 451 g/mol. The van der Waals surface area contributed by atoms with Gasteiger partial charge in [-0.2, -0.15) is 0 Å². The lowest BCUT2D eigenvalue weighted by Gasteiger charge is -2.34. The van der Waals surface area contributed by atoms with E-state index in [2.05, 4.69) is 11.9 Å². The van der Waals surface area contributed by atoms with Crippen LogP contribution in [0.1, 0.15) is 29.5 Å². The van der Waals surface area contributed by atoms with Crippen LogP contribution in [0.5, 0.6) is 5.75 Å². The molecule has 1 N–H and O–H groups in total. The van der Waals surface area contributed by atoms with Crippen molar-refractivity contribution in [1.82, 2.24) is 4.98 Å². The molecule has 0 bridgehead atoms. The summed E-state index contributed by atoms with van der Waals surface area (Å²) >= 11 is 0. The Morgan fingerprint density at radius 1 is 1.09 bits per heavy atom. The topological polar surface area (TPSA) is 91.0 Å². The number of carbonyl (C=O) groups is 1. The number of hydrogen-bond acceptors (Lipinski definition) is 6. The largest absolute Gasteiger partial charge is 0.493 e. The van der Waals surface area contributed by atoms with Gasteiger partial charge in [0.2, 0.25) is 5.89 Å². The number of benzene rings is 2. The quantitative estimate of drug-likeness (QED) is 0.536. The maximum absolute atomic E-state index is 11.2. The molecule has 1 aliphatic rings. The molecule has 1 saturated heterocycles. The average Bonchev–Trinajstić information content (AvgIpc) is 3.17. The normalized spacial score (nSPS) is 20.5. The SMILES string of the molecule is Cc1ccc(-c2nc(CCOc3ccc(C[C@H]4CO[C@](C)(C(=O)O)OC4)cc3)c(C)o2)cc1. The zero-order valence-electron chi connectivity index (χ0n) is 19.2. The van der Waals surface area contributed by atoms with Crippen LogP contribution in [0.25, 0.3) is 11.5 Å². The number of ether oxygens (including phenoxy) is 3. The maximum atomic E-state index is 11.2. The van der Waals surface area contributed by atoms with Gasteiger partial charge in [0.25, 0.3) is 5.79 Å². The Bertz CT molecular complexity index is 1080. The van der Waals surface area contributed by atoms with Crippen molar-refractivity contribution < 1.29 is 28.5 Å². The van der Waals surface area contributed by atoms with E-state index in [1.54, 1.807) is 0 Å². The molecule has 0 unspecified atom stereocenters. The molecular formula is C26H29NO6. The second-order valence-electron chi connectivity index (χ2n) is 8.57. The van der Waals surface area contributed by atoms with Crippen LogP contribution in [-0.2, 0) is 27.1 Å². The fourth-order valence-corrected chi connectivity index (χ4v) is 3.69. The molecule has 0 amide bonds. The standard InChI is InChI=1S/C26H29NO6/c1-17-4-8-21(9-5-17)24-27-23(18(2)33-24)12-13-30-22-10-6-19(7-11-22)14-20-15-31-26(3,25(28)29)32-16-20/h4-11,20H,12-16H2,1-3H3,(H,28,29)/t20-,26-. The average molecular weight is 452 g/mol.